The van der Waals surface area contributed by atoms with Crippen molar-refractivity contribution in [1.82, 2.24) is 20.2 Å². The Morgan fingerprint density at radius 1 is 1.23 bits per heavy atom. The molecule has 0 fully saturated rings. The van der Waals surface area contributed by atoms with Crippen molar-refractivity contribution in [3.05, 3.63) is 30.1 Å². The van der Waals surface area contributed by atoms with Crippen molar-refractivity contribution in [1.29, 1.82) is 0 Å². The highest BCUT2D eigenvalue weighted by Crippen LogP contribution is 2.05. The van der Waals surface area contributed by atoms with Gasteiger partial charge in [0.25, 0.3) is 5.95 Å². The number of hydrogen-bond acceptors (Lipinski definition) is 4. The van der Waals surface area contributed by atoms with Crippen LogP contribution in [0.3, 0.4) is 0 Å². The average Bonchev–Trinajstić information content (AvgIpc) is 2.53. The van der Waals surface area contributed by atoms with E-state index < -0.39 is 0 Å². The highest BCUT2D eigenvalue weighted by Gasteiger charge is 2.00. The van der Waals surface area contributed by atoms with E-state index in [1.54, 1.807) is 0 Å². The molecule has 0 spiro atoms. The van der Waals surface area contributed by atoms with Gasteiger partial charge in [0.1, 0.15) is 5.82 Å². The predicted molar refractivity (Wildman–Crippen MR) is 43.5 cm³/mol. The molecule has 0 saturated heterocycles. The molecule has 0 unspecified atom stereocenters. The van der Waals surface area contributed by atoms with Gasteiger partial charge < -0.3 is 5.73 Å². The second-order valence-electron chi connectivity index (χ2n) is 2.41. The molecule has 0 aliphatic rings. The number of halogens is 1. The van der Waals surface area contributed by atoms with Crippen LogP contribution in [0.5, 0.6) is 0 Å². The first-order chi connectivity index (χ1) is 6.25. The summed E-state index contributed by atoms with van der Waals surface area (Å²) in [5.41, 5.74) is 5.88. The van der Waals surface area contributed by atoms with Crippen LogP contribution < -0.4 is 5.73 Å². The first-order valence-corrected chi connectivity index (χ1v) is 3.57. The first kappa shape index (κ1) is 7.66. The Kier molecular flexibility index (Phi) is 1.66. The largest absolute Gasteiger partial charge is 0.365 e. The number of nitrogen functional groups attached to an aromatic ring is 1. The van der Waals surface area contributed by atoms with Crippen LogP contribution >= 0.6 is 0 Å². The Bertz CT molecular complexity index is 407. The molecule has 2 aromatic rings. The lowest BCUT2D eigenvalue weighted by molar-refractivity contribution is 0.625. The summed E-state index contributed by atoms with van der Waals surface area (Å²) in [6.07, 6.45) is 0. The van der Waals surface area contributed by atoms with Gasteiger partial charge >= 0.3 is 0 Å². The zero-order valence-corrected chi connectivity index (χ0v) is 6.55. The monoisotopic (exact) mass is 179 g/mol. The SMILES string of the molecule is Nc1nnn(-c2ccc(F)cc2)n1. The van der Waals surface area contributed by atoms with Gasteiger partial charge in [0.2, 0.25) is 0 Å². The lowest BCUT2D eigenvalue weighted by atomic mass is 10.3. The summed E-state index contributed by atoms with van der Waals surface area (Å²) in [7, 11) is 0. The lowest BCUT2D eigenvalue weighted by Gasteiger charge is -1.95. The molecule has 6 heteroatoms. The van der Waals surface area contributed by atoms with Crippen molar-refractivity contribution in [2.45, 2.75) is 0 Å². The van der Waals surface area contributed by atoms with E-state index in [0.29, 0.717) is 5.69 Å². The van der Waals surface area contributed by atoms with Gasteiger partial charge in [-0.25, -0.2) is 4.39 Å². The summed E-state index contributed by atoms with van der Waals surface area (Å²) in [4.78, 5) is 1.23. The molecule has 0 radical (unpaired) electrons. The van der Waals surface area contributed by atoms with Crippen LogP contribution in [0, 0.1) is 5.82 Å². The van der Waals surface area contributed by atoms with Crippen molar-refractivity contribution in [3.63, 3.8) is 0 Å². The highest BCUT2D eigenvalue weighted by molar-refractivity contribution is 5.29. The van der Waals surface area contributed by atoms with Gasteiger partial charge in [0.05, 0.1) is 5.69 Å². The molecule has 2 N–H and O–H groups in total. The van der Waals surface area contributed by atoms with Gasteiger partial charge in [-0.2, -0.15) is 0 Å². The highest BCUT2D eigenvalue weighted by atomic mass is 19.1. The molecular formula is C7H6FN5. The third-order valence-corrected chi connectivity index (χ3v) is 1.49. The maximum Gasteiger partial charge on any atom is 0.261 e. The summed E-state index contributed by atoms with van der Waals surface area (Å²) < 4.78 is 12.5. The minimum atomic E-state index is -0.308. The molecule has 13 heavy (non-hydrogen) atoms. The van der Waals surface area contributed by atoms with E-state index in [4.69, 9.17) is 5.73 Å². The van der Waals surface area contributed by atoms with E-state index >= 15 is 0 Å². The van der Waals surface area contributed by atoms with Crippen LogP contribution in [-0.2, 0) is 0 Å². The van der Waals surface area contributed by atoms with E-state index in [0.717, 1.165) is 0 Å². The Labute approximate surface area is 73.0 Å². The standard InChI is InChI=1S/C7H6FN5/c8-5-1-3-6(4-2-5)13-11-7(9)10-12-13/h1-4H,(H2,9,11). The normalized spacial score (nSPS) is 10.2. The summed E-state index contributed by atoms with van der Waals surface area (Å²) in [5, 5.41) is 10.9. The molecule has 0 aliphatic heterocycles. The molecule has 0 amide bonds. The van der Waals surface area contributed by atoms with Gasteiger partial charge in [0, 0.05) is 0 Å². The summed E-state index contributed by atoms with van der Waals surface area (Å²) in [5.74, 6) is -0.221. The number of aromatic nitrogens is 4. The van der Waals surface area contributed by atoms with Crippen LogP contribution in [0.25, 0.3) is 5.69 Å². The van der Waals surface area contributed by atoms with Crippen LogP contribution in [0.2, 0.25) is 0 Å². The predicted octanol–water partition coefficient (Wildman–Crippen LogP) is 0.384. The summed E-state index contributed by atoms with van der Waals surface area (Å²) in [6.45, 7) is 0. The van der Waals surface area contributed by atoms with E-state index in [-0.39, 0.29) is 11.8 Å². The van der Waals surface area contributed by atoms with E-state index in [9.17, 15) is 4.39 Å². The molecule has 66 valence electrons. The fourth-order valence-electron chi connectivity index (χ4n) is 0.909. The van der Waals surface area contributed by atoms with E-state index in [1.165, 1.54) is 29.1 Å². The Morgan fingerprint density at radius 2 is 1.92 bits per heavy atom. The Morgan fingerprint density at radius 3 is 2.46 bits per heavy atom. The molecule has 5 nitrogen and oxygen atoms in total. The average molecular weight is 179 g/mol. The van der Waals surface area contributed by atoms with Crippen molar-refractivity contribution >= 4 is 5.95 Å². The molecule has 0 aliphatic carbocycles. The fraction of sp³-hybridized carbons (Fsp3) is 0. The summed E-state index contributed by atoms with van der Waals surface area (Å²) >= 11 is 0. The fourth-order valence-corrected chi connectivity index (χ4v) is 0.909. The summed E-state index contributed by atoms with van der Waals surface area (Å²) in [6, 6.07) is 5.71. The molecule has 1 heterocycles. The minimum absolute atomic E-state index is 0.0873. The van der Waals surface area contributed by atoms with Gasteiger partial charge in [-0.15, -0.1) is 9.90 Å². The third-order valence-electron chi connectivity index (χ3n) is 1.49. The van der Waals surface area contributed by atoms with Crippen LogP contribution in [0.1, 0.15) is 0 Å². The van der Waals surface area contributed by atoms with Gasteiger partial charge in [-0.1, -0.05) is 5.10 Å². The van der Waals surface area contributed by atoms with Gasteiger partial charge in [-0.05, 0) is 29.5 Å². The lowest BCUT2D eigenvalue weighted by Crippen LogP contribution is -1.99. The van der Waals surface area contributed by atoms with Crippen molar-refractivity contribution in [2.24, 2.45) is 0 Å². The molecule has 0 saturated carbocycles. The van der Waals surface area contributed by atoms with E-state index in [1.807, 2.05) is 0 Å². The van der Waals surface area contributed by atoms with Crippen molar-refractivity contribution in [2.75, 3.05) is 5.73 Å². The smallest absolute Gasteiger partial charge is 0.261 e. The Hall–Kier alpha value is -1.98. The molecule has 1 aromatic carbocycles. The number of benzene rings is 1. The van der Waals surface area contributed by atoms with Gasteiger partial charge in [0.15, 0.2) is 0 Å². The topological polar surface area (TPSA) is 69.6 Å². The molecule has 0 atom stereocenters. The van der Waals surface area contributed by atoms with Gasteiger partial charge in [-0.3, -0.25) is 0 Å². The number of rotatable bonds is 1. The van der Waals surface area contributed by atoms with Crippen LogP contribution in [0.15, 0.2) is 24.3 Å². The maximum absolute atomic E-state index is 12.5. The molecule has 1 aromatic heterocycles. The molecule has 0 bridgehead atoms. The number of anilines is 1. The Balaban J connectivity index is 2.41. The second-order valence-corrected chi connectivity index (χ2v) is 2.41. The molecular weight excluding hydrogens is 173 g/mol. The maximum atomic E-state index is 12.5. The van der Waals surface area contributed by atoms with E-state index in [2.05, 4.69) is 15.4 Å². The van der Waals surface area contributed by atoms with Crippen molar-refractivity contribution in [3.8, 4) is 5.69 Å². The zero-order valence-electron chi connectivity index (χ0n) is 6.55. The van der Waals surface area contributed by atoms with Crippen molar-refractivity contribution < 1.29 is 4.39 Å². The number of nitrogens with two attached hydrogens (primary N) is 1. The quantitative estimate of drug-likeness (QED) is 0.687. The third kappa shape index (κ3) is 1.46. The molecule has 2 rings (SSSR count). The number of nitrogens with zero attached hydrogens (tertiary/aromatic N) is 4. The number of hydrogen-bond donors (Lipinski definition) is 1. The van der Waals surface area contributed by atoms with Crippen LogP contribution in [-0.4, -0.2) is 20.2 Å². The van der Waals surface area contributed by atoms with Crippen LogP contribution in [0.4, 0.5) is 10.3 Å². The second kappa shape index (κ2) is 2.81. The minimum Gasteiger partial charge on any atom is -0.365 e. The zero-order chi connectivity index (χ0) is 9.26. The first-order valence-electron chi connectivity index (χ1n) is 3.57. The number of tetrazole rings is 1.